The number of alkyl halides is 3. The maximum absolute atomic E-state index is 13.6. The van der Waals surface area contributed by atoms with Gasteiger partial charge in [0.25, 0.3) is 0 Å². The van der Waals surface area contributed by atoms with Gasteiger partial charge in [-0.2, -0.15) is 13.2 Å². The third-order valence-electron chi connectivity index (χ3n) is 4.42. The van der Waals surface area contributed by atoms with Crippen LogP contribution < -0.4 is 5.73 Å². The first-order valence-corrected chi connectivity index (χ1v) is 8.78. The van der Waals surface area contributed by atoms with E-state index < -0.39 is 17.6 Å². The Morgan fingerprint density at radius 1 is 1.00 bits per heavy atom. The van der Waals surface area contributed by atoms with E-state index >= 15 is 0 Å². The summed E-state index contributed by atoms with van der Waals surface area (Å²) >= 11 is 6.36. The zero-order chi connectivity index (χ0) is 21.3. The highest BCUT2D eigenvalue weighted by Crippen LogP contribution is 2.43. The van der Waals surface area contributed by atoms with Crippen molar-refractivity contribution in [3.8, 4) is 28.0 Å². The van der Waals surface area contributed by atoms with Gasteiger partial charge >= 0.3 is 6.18 Å². The molecule has 0 radical (unpaired) electrons. The molecule has 4 N–H and O–H groups in total. The summed E-state index contributed by atoms with van der Waals surface area (Å²) in [5.74, 6) is -0.517. The predicted molar refractivity (Wildman–Crippen MR) is 106 cm³/mol. The van der Waals surface area contributed by atoms with Gasteiger partial charge in [0, 0.05) is 21.7 Å². The van der Waals surface area contributed by atoms with Crippen LogP contribution in [0, 0.1) is 6.92 Å². The van der Waals surface area contributed by atoms with Crippen LogP contribution in [0.15, 0.2) is 59.8 Å². The Balaban J connectivity index is 2.49. The molecule has 0 fully saturated rings. The van der Waals surface area contributed by atoms with Gasteiger partial charge in [-0.25, -0.2) is 0 Å². The second-order valence-corrected chi connectivity index (χ2v) is 6.87. The SMILES string of the molecule is Cc1ccc(Cl)c(-c2c(/C(N)=N/O)cc(C(F)(F)F)cc2-c2ccc(O)cc2)c1. The fourth-order valence-corrected chi connectivity index (χ4v) is 3.26. The van der Waals surface area contributed by atoms with Crippen LogP contribution in [0.5, 0.6) is 5.75 Å². The minimum absolute atomic E-state index is 0.0347. The lowest BCUT2D eigenvalue weighted by molar-refractivity contribution is -0.137. The van der Waals surface area contributed by atoms with E-state index in [9.17, 15) is 23.5 Å². The van der Waals surface area contributed by atoms with E-state index in [0.29, 0.717) is 16.1 Å². The first kappa shape index (κ1) is 20.5. The second kappa shape index (κ2) is 7.67. The molecule has 0 aliphatic carbocycles. The number of hydrogen-bond acceptors (Lipinski definition) is 3. The second-order valence-electron chi connectivity index (χ2n) is 6.46. The summed E-state index contributed by atoms with van der Waals surface area (Å²) in [6.45, 7) is 1.81. The van der Waals surface area contributed by atoms with Crippen molar-refractivity contribution in [1.29, 1.82) is 0 Å². The zero-order valence-electron chi connectivity index (χ0n) is 15.1. The Bertz CT molecular complexity index is 1090. The Hall–Kier alpha value is -3.19. The van der Waals surface area contributed by atoms with Gasteiger partial charge in [0.15, 0.2) is 5.84 Å². The zero-order valence-corrected chi connectivity index (χ0v) is 15.9. The van der Waals surface area contributed by atoms with Crippen LogP contribution in [-0.4, -0.2) is 16.1 Å². The summed E-state index contributed by atoms with van der Waals surface area (Å²) in [5, 5.41) is 22.0. The molecule has 150 valence electrons. The normalized spacial score (nSPS) is 12.2. The molecule has 0 atom stereocenters. The Morgan fingerprint density at radius 3 is 2.24 bits per heavy atom. The van der Waals surface area contributed by atoms with Crippen LogP contribution >= 0.6 is 11.6 Å². The van der Waals surface area contributed by atoms with Crippen molar-refractivity contribution >= 4 is 17.4 Å². The molecule has 0 aliphatic rings. The molecule has 0 aliphatic heterocycles. The number of rotatable bonds is 3. The quantitative estimate of drug-likeness (QED) is 0.217. The molecule has 3 aromatic carbocycles. The number of aryl methyl sites for hydroxylation is 1. The van der Waals surface area contributed by atoms with Crippen molar-refractivity contribution in [2.75, 3.05) is 0 Å². The topological polar surface area (TPSA) is 78.8 Å². The number of hydrogen-bond donors (Lipinski definition) is 3. The van der Waals surface area contributed by atoms with Crippen molar-refractivity contribution in [3.63, 3.8) is 0 Å². The Kier molecular flexibility index (Phi) is 5.44. The third-order valence-corrected chi connectivity index (χ3v) is 4.75. The summed E-state index contributed by atoms with van der Waals surface area (Å²) < 4.78 is 40.7. The fraction of sp³-hybridized carbons (Fsp3) is 0.0952. The molecule has 0 amide bonds. The maximum atomic E-state index is 13.6. The van der Waals surface area contributed by atoms with Gasteiger partial charge in [0.1, 0.15) is 5.75 Å². The van der Waals surface area contributed by atoms with Gasteiger partial charge in [0.05, 0.1) is 5.56 Å². The van der Waals surface area contributed by atoms with Crippen LogP contribution in [0.3, 0.4) is 0 Å². The van der Waals surface area contributed by atoms with Crippen LogP contribution in [-0.2, 0) is 6.18 Å². The highest BCUT2D eigenvalue weighted by molar-refractivity contribution is 6.34. The van der Waals surface area contributed by atoms with E-state index in [4.69, 9.17) is 17.3 Å². The molecular formula is C21H16ClF3N2O2. The molecule has 3 aromatic rings. The van der Waals surface area contributed by atoms with E-state index in [1.165, 1.54) is 24.3 Å². The largest absolute Gasteiger partial charge is 0.508 e. The molecule has 0 spiro atoms. The number of phenolic OH excluding ortho intramolecular Hbond substituents is 1. The number of aromatic hydroxyl groups is 1. The van der Waals surface area contributed by atoms with Gasteiger partial charge in [-0.15, -0.1) is 0 Å². The van der Waals surface area contributed by atoms with Gasteiger partial charge in [-0.3, -0.25) is 0 Å². The highest BCUT2D eigenvalue weighted by Gasteiger charge is 2.33. The number of halogens is 4. The summed E-state index contributed by atoms with van der Waals surface area (Å²) in [6, 6.07) is 12.6. The maximum Gasteiger partial charge on any atom is 0.416 e. The number of oxime groups is 1. The van der Waals surface area contributed by atoms with Crippen LogP contribution in [0.1, 0.15) is 16.7 Å². The monoisotopic (exact) mass is 420 g/mol. The van der Waals surface area contributed by atoms with Gasteiger partial charge in [-0.05, 0) is 54.4 Å². The molecule has 0 heterocycles. The van der Waals surface area contributed by atoms with E-state index in [1.807, 2.05) is 6.92 Å². The number of benzene rings is 3. The van der Waals surface area contributed by atoms with Crippen molar-refractivity contribution in [2.45, 2.75) is 13.1 Å². The molecule has 0 bridgehead atoms. The lowest BCUT2D eigenvalue weighted by Gasteiger charge is -2.20. The minimum Gasteiger partial charge on any atom is -0.508 e. The number of nitrogens with two attached hydrogens (primary N) is 1. The molecule has 8 heteroatoms. The molecule has 0 saturated heterocycles. The van der Waals surface area contributed by atoms with Crippen molar-refractivity contribution in [1.82, 2.24) is 0 Å². The van der Waals surface area contributed by atoms with E-state index in [2.05, 4.69) is 5.16 Å². The van der Waals surface area contributed by atoms with Gasteiger partial charge in [0.2, 0.25) is 0 Å². The first-order valence-electron chi connectivity index (χ1n) is 8.41. The van der Waals surface area contributed by atoms with E-state index in [1.54, 1.807) is 18.2 Å². The number of nitrogens with zero attached hydrogens (tertiary/aromatic N) is 1. The molecule has 0 unspecified atom stereocenters. The van der Waals surface area contributed by atoms with Crippen LogP contribution in [0.25, 0.3) is 22.3 Å². The predicted octanol–water partition coefficient (Wildman–Crippen LogP) is 5.80. The highest BCUT2D eigenvalue weighted by atomic mass is 35.5. The van der Waals surface area contributed by atoms with Gasteiger partial charge < -0.3 is 16.0 Å². The van der Waals surface area contributed by atoms with E-state index in [0.717, 1.165) is 17.7 Å². The van der Waals surface area contributed by atoms with Gasteiger partial charge in [-0.1, -0.05) is 40.5 Å². The number of phenols is 1. The van der Waals surface area contributed by atoms with E-state index in [-0.39, 0.29) is 22.4 Å². The first-order chi connectivity index (χ1) is 13.6. The molecule has 4 nitrogen and oxygen atoms in total. The summed E-state index contributed by atoms with van der Waals surface area (Å²) in [6.07, 6.45) is -4.66. The Morgan fingerprint density at radius 2 is 1.66 bits per heavy atom. The lowest BCUT2D eigenvalue weighted by Crippen LogP contribution is -2.17. The molecular weight excluding hydrogens is 405 g/mol. The molecule has 29 heavy (non-hydrogen) atoms. The summed E-state index contributed by atoms with van der Waals surface area (Å²) in [4.78, 5) is 0. The minimum atomic E-state index is -4.66. The average Bonchev–Trinajstić information content (AvgIpc) is 2.68. The summed E-state index contributed by atoms with van der Waals surface area (Å²) in [7, 11) is 0. The molecule has 0 saturated carbocycles. The fourth-order valence-electron chi connectivity index (χ4n) is 3.05. The molecule has 0 aromatic heterocycles. The van der Waals surface area contributed by atoms with Crippen molar-refractivity contribution in [3.05, 3.63) is 76.3 Å². The number of amidine groups is 1. The third kappa shape index (κ3) is 4.14. The summed E-state index contributed by atoms with van der Waals surface area (Å²) in [5.41, 5.74) is 6.79. The van der Waals surface area contributed by atoms with Crippen LogP contribution in [0.4, 0.5) is 13.2 Å². The standard InChI is InChI=1S/C21H16ClF3N2O2/c1-11-2-7-18(22)16(8-11)19-15(12-3-5-14(28)6-4-12)9-13(21(23,24)25)10-17(19)20(26)27-29/h2-10,28-29H,1H3,(H2,26,27). The van der Waals surface area contributed by atoms with Crippen molar-refractivity contribution in [2.24, 2.45) is 10.9 Å². The average molecular weight is 421 g/mol. The Labute approximate surface area is 169 Å². The van der Waals surface area contributed by atoms with Crippen molar-refractivity contribution < 1.29 is 23.5 Å². The lowest BCUT2D eigenvalue weighted by atomic mass is 9.87. The molecule has 3 rings (SSSR count). The van der Waals surface area contributed by atoms with Crippen LogP contribution in [0.2, 0.25) is 5.02 Å². The smallest absolute Gasteiger partial charge is 0.416 e.